The molecule has 3 aromatic rings. The molecule has 4 rings (SSSR count). The number of aromatic nitrogens is 2. The number of nitrogens with zero attached hydrogens (tertiary/aromatic N) is 3. The smallest absolute Gasteiger partial charge is 0.251 e. The van der Waals surface area contributed by atoms with E-state index in [0.29, 0.717) is 18.9 Å². The van der Waals surface area contributed by atoms with Crippen LogP contribution in [0.5, 0.6) is 0 Å². The first-order valence-corrected chi connectivity index (χ1v) is 11.3. The number of halogens is 1. The average molecular weight is 431 g/mol. The largest absolute Gasteiger partial charge is 0.345 e. The van der Waals surface area contributed by atoms with E-state index in [4.69, 9.17) is 0 Å². The number of hydrogen-bond acceptors (Lipinski definition) is 4. The predicted octanol–water partition coefficient (Wildman–Crippen LogP) is 2.82. The lowest BCUT2D eigenvalue weighted by Gasteiger charge is -2.26. The number of aryl methyl sites for hydroxylation is 1. The Kier molecular flexibility index (Phi) is 5.57. The second-order valence-electron chi connectivity index (χ2n) is 7.37. The molecule has 158 valence electrons. The van der Waals surface area contributed by atoms with Gasteiger partial charge in [0.05, 0.1) is 17.6 Å². The van der Waals surface area contributed by atoms with Crippen molar-refractivity contribution in [2.24, 2.45) is 7.05 Å². The molecular weight excluding hydrogens is 407 g/mol. The Hall–Kier alpha value is -2.78. The van der Waals surface area contributed by atoms with Crippen molar-refractivity contribution in [1.29, 1.82) is 0 Å². The van der Waals surface area contributed by atoms with Crippen LogP contribution in [0.1, 0.15) is 35.4 Å². The molecule has 1 aromatic heterocycles. The van der Waals surface area contributed by atoms with Gasteiger partial charge >= 0.3 is 0 Å². The van der Waals surface area contributed by atoms with E-state index in [9.17, 15) is 17.6 Å². The Labute approximate surface area is 174 Å². The molecule has 0 saturated carbocycles. The van der Waals surface area contributed by atoms with Gasteiger partial charge in [0.1, 0.15) is 16.5 Å². The standard InChI is InChI=1S/C21H23FN4O3S/c1-25-18-8-4-3-7-17(18)24-20(25)14-23-21(27)15-9-10-16(22)19(13-15)30(28,29)26-11-5-2-6-12-26/h3-4,7-10,13H,2,5-6,11-12,14H2,1H3,(H,23,27). The maximum Gasteiger partial charge on any atom is 0.251 e. The lowest BCUT2D eigenvalue weighted by molar-refractivity contribution is 0.0949. The van der Waals surface area contributed by atoms with Crippen LogP contribution < -0.4 is 5.32 Å². The maximum atomic E-state index is 14.4. The fraction of sp³-hybridized carbons (Fsp3) is 0.333. The minimum atomic E-state index is -3.98. The molecule has 7 nitrogen and oxygen atoms in total. The van der Waals surface area contributed by atoms with Gasteiger partial charge < -0.3 is 9.88 Å². The van der Waals surface area contributed by atoms with Crippen LogP contribution in [-0.2, 0) is 23.6 Å². The maximum absolute atomic E-state index is 14.4. The molecule has 0 aliphatic carbocycles. The highest BCUT2D eigenvalue weighted by molar-refractivity contribution is 7.89. The molecule has 30 heavy (non-hydrogen) atoms. The molecule has 2 heterocycles. The van der Waals surface area contributed by atoms with Crippen molar-refractivity contribution in [3.63, 3.8) is 0 Å². The summed E-state index contributed by atoms with van der Waals surface area (Å²) < 4.78 is 43.2. The number of para-hydroxylation sites is 2. The molecule has 2 aromatic carbocycles. The van der Waals surface area contributed by atoms with Gasteiger partial charge in [-0.25, -0.2) is 17.8 Å². The molecule has 1 saturated heterocycles. The molecule has 0 atom stereocenters. The average Bonchev–Trinajstić information content (AvgIpc) is 3.08. The number of benzene rings is 2. The summed E-state index contributed by atoms with van der Waals surface area (Å²) >= 11 is 0. The van der Waals surface area contributed by atoms with Crippen molar-refractivity contribution in [3.8, 4) is 0 Å². The van der Waals surface area contributed by atoms with Crippen LogP contribution >= 0.6 is 0 Å². The third-order valence-electron chi connectivity index (χ3n) is 5.41. The fourth-order valence-electron chi connectivity index (χ4n) is 3.70. The summed E-state index contributed by atoms with van der Waals surface area (Å²) in [6.45, 7) is 0.894. The van der Waals surface area contributed by atoms with Gasteiger partial charge in [-0.3, -0.25) is 4.79 Å². The number of carbonyl (C=O) groups excluding carboxylic acids is 1. The van der Waals surface area contributed by atoms with Crippen LogP contribution in [0.2, 0.25) is 0 Å². The quantitative estimate of drug-likeness (QED) is 0.675. The highest BCUT2D eigenvalue weighted by atomic mass is 32.2. The number of fused-ring (bicyclic) bond motifs is 1. The summed E-state index contributed by atoms with van der Waals surface area (Å²) in [4.78, 5) is 16.7. The van der Waals surface area contributed by atoms with Crippen molar-refractivity contribution in [2.45, 2.75) is 30.7 Å². The summed E-state index contributed by atoms with van der Waals surface area (Å²) in [6, 6.07) is 11.1. The van der Waals surface area contributed by atoms with Crippen LogP contribution in [0.25, 0.3) is 11.0 Å². The van der Waals surface area contributed by atoms with E-state index in [2.05, 4.69) is 10.3 Å². The van der Waals surface area contributed by atoms with Crippen molar-refractivity contribution in [1.82, 2.24) is 19.2 Å². The first kappa shape index (κ1) is 20.5. The van der Waals surface area contributed by atoms with Crippen LogP contribution in [0, 0.1) is 5.82 Å². The third kappa shape index (κ3) is 3.82. The topological polar surface area (TPSA) is 84.3 Å². The van der Waals surface area contributed by atoms with Gasteiger partial charge in [0.15, 0.2) is 0 Å². The van der Waals surface area contributed by atoms with Crippen molar-refractivity contribution in [3.05, 3.63) is 59.7 Å². The normalized spacial score (nSPS) is 15.4. The molecular formula is C21H23FN4O3S. The summed E-state index contributed by atoms with van der Waals surface area (Å²) in [5.74, 6) is -0.683. The first-order valence-electron chi connectivity index (χ1n) is 9.86. The van der Waals surface area contributed by atoms with E-state index < -0.39 is 26.6 Å². The monoisotopic (exact) mass is 430 g/mol. The van der Waals surface area contributed by atoms with Gasteiger partial charge in [0.2, 0.25) is 10.0 Å². The molecule has 0 unspecified atom stereocenters. The van der Waals surface area contributed by atoms with E-state index in [1.165, 1.54) is 10.4 Å². The Morgan fingerprint density at radius 2 is 1.87 bits per heavy atom. The predicted molar refractivity (Wildman–Crippen MR) is 111 cm³/mol. The van der Waals surface area contributed by atoms with Gasteiger partial charge in [-0.1, -0.05) is 18.6 Å². The summed E-state index contributed by atoms with van der Waals surface area (Å²) in [7, 11) is -2.12. The highest BCUT2D eigenvalue weighted by Gasteiger charge is 2.29. The van der Waals surface area contributed by atoms with Gasteiger partial charge in [0, 0.05) is 25.7 Å². The number of sulfonamides is 1. The number of nitrogens with one attached hydrogen (secondary N) is 1. The van der Waals surface area contributed by atoms with Gasteiger partial charge in [0.25, 0.3) is 5.91 Å². The van der Waals surface area contributed by atoms with E-state index >= 15 is 0 Å². The van der Waals surface area contributed by atoms with Crippen molar-refractivity contribution in [2.75, 3.05) is 13.1 Å². The number of amides is 1. The van der Waals surface area contributed by atoms with Crippen LogP contribution in [0.3, 0.4) is 0 Å². The molecule has 1 N–H and O–H groups in total. The number of carbonyl (C=O) groups is 1. The lowest BCUT2D eigenvalue weighted by atomic mass is 10.2. The van der Waals surface area contributed by atoms with E-state index in [-0.39, 0.29) is 12.1 Å². The number of piperidine rings is 1. The third-order valence-corrected chi connectivity index (χ3v) is 7.33. The Balaban J connectivity index is 1.54. The Morgan fingerprint density at radius 1 is 1.13 bits per heavy atom. The van der Waals surface area contributed by atoms with Gasteiger partial charge in [-0.05, 0) is 43.2 Å². The number of imidazole rings is 1. The lowest BCUT2D eigenvalue weighted by Crippen LogP contribution is -2.36. The van der Waals surface area contributed by atoms with Gasteiger partial charge in [-0.15, -0.1) is 0 Å². The van der Waals surface area contributed by atoms with Crippen LogP contribution in [0.4, 0.5) is 4.39 Å². The SMILES string of the molecule is Cn1c(CNC(=O)c2ccc(F)c(S(=O)(=O)N3CCCCC3)c2)nc2ccccc21. The van der Waals surface area contributed by atoms with Gasteiger partial charge in [-0.2, -0.15) is 4.31 Å². The van der Waals surface area contributed by atoms with Crippen LogP contribution in [-0.4, -0.2) is 41.3 Å². The summed E-state index contributed by atoms with van der Waals surface area (Å²) in [5, 5.41) is 2.74. The molecule has 0 radical (unpaired) electrons. The number of rotatable bonds is 5. The zero-order chi connectivity index (χ0) is 21.3. The minimum Gasteiger partial charge on any atom is -0.345 e. The summed E-state index contributed by atoms with van der Waals surface area (Å²) in [6.07, 6.45) is 2.46. The van der Waals surface area contributed by atoms with E-state index in [1.54, 1.807) is 0 Å². The molecule has 1 aliphatic rings. The minimum absolute atomic E-state index is 0.0887. The van der Waals surface area contributed by atoms with Crippen molar-refractivity contribution >= 4 is 27.0 Å². The molecule has 9 heteroatoms. The second kappa shape index (κ2) is 8.16. The fourth-order valence-corrected chi connectivity index (χ4v) is 5.31. The highest BCUT2D eigenvalue weighted by Crippen LogP contribution is 2.24. The molecule has 1 fully saturated rings. The first-order chi connectivity index (χ1) is 14.4. The summed E-state index contributed by atoms with van der Waals surface area (Å²) in [5.41, 5.74) is 1.85. The second-order valence-corrected chi connectivity index (χ2v) is 9.27. The molecule has 1 aliphatic heterocycles. The molecule has 1 amide bonds. The zero-order valence-corrected chi connectivity index (χ0v) is 17.5. The Morgan fingerprint density at radius 3 is 2.60 bits per heavy atom. The number of hydrogen-bond donors (Lipinski definition) is 1. The molecule has 0 spiro atoms. The van der Waals surface area contributed by atoms with E-state index in [1.807, 2.05) is 35.9 Å². The van der Waals surface area contributed by atoms with E-state index in [0.717, 1.165) is 42.4 Å². The Bertz CT molecular complexity index is 1200. The van der Waals surface area contributed by atoms with Crippen molar-refractivity contribution < 1.29 is 17.6 Å². The molecule has 0 bridgehead atoms. The van der Waals surface area contributed by atoms with Crippen LogP contribution in [0.15, 0.2) is 47.4 Å². The zero-order valence-electron chi connectivity index (χ0n) is 16.6.